The molecular formula is C18H14Cl2N4O5. The van der Waals surface area contributed by atoms with Crippen LogP contribution in [0.3, 0.4) is 0 Å². The van der Waals surface area contributed by atoms with Gasteiger partial charge in [0.15, 0.2) is 0 Å². The predicted octanol–water partition coefficient (Wildman–Crippen LogP) is 3.71. The molecule has 0 radical (unpaired) electrons. The van der Waals surface area contributed by atoms with Gasteiger partial charge >= 0.3 is 6.03 Å². The van der Waals surface area contributed by atoms with Crippen molar-refractivity contribution in [1.82, 2.24) is 10.2 Å². The molecule has 2 aromatic rings. The second-order valence-corrected chi connectivity index (χ2v) is 6.89. The summed E-state index contributed by atoms with van der Waals surface area (Å²) in [5.74, 6) is -1.12. The van der Waals surface area contributed by atoms with Crippen LogP contribution in [0, 0.1) is 10.1 Å². The molecule has 0 saturated heterocycles. The average molecular weight is 437 g/mol. The summed E-state index contributed by atoms with van der Waals surface area (Å²) < 4.78 is 0. The number of anilines is 1. The zero-order chi connectivity index (χ0) is 21.1. The topological polar surface area (TPSA) is 122 Å². The van der Waals surface area contributed by atoms with Crippen LogP contribution < -0.4 is 10.6 Å². The van der Waals surface area contributed by atoms with Crippen LogP contribution >= 0.6 is 23.2 Å². The number of benzene rings is 2. The van der Waals surface area contributed by atoms with E-state index in [1.54, 1.807) is 18.2 Å². The molecule has 0 spiro atoms. The third-order valence-electron chi connectivity index (χ3n) is 4.21. The minimum absolute atomic E-state index is 0.00302. The van der Waals surface area contributed by atoms with Crippen molar-refractivity contribution in [3.8, 4) is 0 Å². The third-order valence-corrected chi connectivity index (χ3v) is 4.84. The molecule has 0 saturated carbocycles. The number of hydrogen-bond donors (Lipinski definition) is 2. The molecule has 1 aliphatic heterocycles. The molecule has 9 nitrogen and oxygen atoms in total. The number of carbonyl (C=O) groups is 3. The van der Waals surface area contributed by atoms with Gasteiger partial charge in [0.05, 0.1) is 31.8 Å². The number of halogens is 2. The van der Waals surface area contributed by atoms with Crippen molar-refractivity contribution < 1.29 is 19.3 Å². The highest BCUT2D eigenvalue weighted by molar-refractivity contribution is 6.39. The van der Waals surface area contributed by atoms with Crippen LogP contribution in [0.5, 0.6) is 0 Å². The van der Waals surface area contributed by atoms with Gasteiger partial charge in [-0.2, -0.15) is 0 Å². The van der Waals surface area contributed by atoms with Gasteiger partial charge in [-0.3, -0.25) is 24.6 Å². The lowest BCUT2D eigenvalue weighted by Gasteiger charge is -2.14. The number of hydrogen-bond acceptors (Lipinski definition) is 5. The summed E-state index contributed by atoms with van der Waals surface area (Å²) in [5, 5.41) is 16.5. The first-order valence-corrected chi connectivity index (χ1v) is 9.18. The maximum Gasteiger partial charge on any atom is 0.319 e. The molecule has 0 unspecified atom stereocenters. The standard InChI is InChI=1S/C18H14Cl2N4O5/c19-13-3-1-4-14(20)15(13)22-18(27)21-7-2-8-23-16(25)11-6-5-10(24(28)29)9-12(11)17(23)26/h1,3-6,9H,2,7-8H2,(H2,21,22,27). The van der Waals surface area contributed by atoms with Crippen LogP contribution in [0.4, 0.5) is 16.2 Å². The maximum absolute atomic E-state index is 12.4. The highest BCUT2D eigenvalue weighted by Gasteiger charge is 2.36. The fourth-order valence-corrected chi connectivity index (χ4v) is 3.30. The molecule has 4 amide bonds. The van der Waals surface area contributed by atoms with Crippen LogP contribution in [0.25, 0.3) is 0 Å². The van der Waals surface area contributed by atoms with Gasteiger partial charge in [0.25, 0.3) is 17.5 Å². The zero-order valence-electron chi connectivity index (χ0n) is 14.8. The monoisotopic (exact) mass is 436 g/mol. The molecule has 1 aliphatic rings. The number of nitrogens with one attached hydrogen (secondary N) is 2. The molecule has 3 rings (SSSR count). The summed E-state index contributed by atoms with van der Waals surface area (Å²) in [6.07, 6.45) is 0.289. The van der Waals surface area contributed by atoms with Gasteiger partial charge in [0.1, 0.15) is 0 Å². The first kappa shape index (κ1) is 20.6. The van der Waals surface area contributed by atoms with E-state index >= 15 is 0 Å². The maximum atomic E-state index is 12.4. The molecule has 150 valence electrons. The fourth-order valence-electron chi connectivity index (χ4n) is 2.81. The molecule has 2 aromatic carbocycles. The second kappa shape index (κ2) is 8.46. The zero-order valence-corrected chi connectivity index (χ0v) is 16.3. The van der Waals surface area contributed by atoms with E-state index < -0.39 is 22.8 Å². The third kappa shape index (κ3) is 4.30. The van der Waals surface area contributed by atoms with Crippen LogP contribution in [-0.4, -0.2) is 40.8 Å². The molecule has 0 aromatic heterocycles. The van der Waals surface area contributed by atoms with E-state index in [1.807, 2.05) is 0 Å². The summed E-state index contributed by atoms with van der Waals surface area (Å²) in [6, 6.07) is 7.80. The number of rotatable bonds is 6. The Hall–Kier alpha value is -3.17. The fraction of sp³-hybridized carbons (Fsp3) is 0.167. The van der Waals surface area contributed by atoms with Gasteiger partial charge in [0.2, 0.25) is 0 Å². The van der Waals surface area contributed by atoms with E-state index in [9.17, 15) is 24.5 Å². The van der Waals surface area contributed by atoms with Crippen molar-refractivity contribution in [3.05, 3.63) is 67.7 Å². The van der Waals surface area contributed by atoms with Gasteiger partial charge in [-0.1, -0.05) is 29.3 Å². The Balaban J connectivity index is 1.53. The van der Waals surface area contributed by atoms with E-state index in [2.05, 4.69) is 10.6 Å². The number of fused-ring (bicyclic) bond motifs is 1. The van der Waals surface area contributed by atoms with E-state index in [4.69, 9.17) is 23.2 Å². The Morgan fingerprint density at radius 3 is 2.38 bits per heavy atom. The molecule has 1 heterocycles. The Bertz CT molecular complexity index is 1010. The van der Waals surface area contributed by atoms with Gasteiger partial charge in [-0.25, -0.2) is 4.79 Å². The Morgan fingerprint density at radius 1 is 1.07 bits per heavy atom. The number of imide groups is 1. The van der Waals surface area contributed by atoms with Crippen molar-refractivity contribution in [3.63, 3.8) is 0 Å². The predicted molar refractivity (Wildman–Crippen MR) is 107 cm³/mol. The van der Waals surface area contributed by atoms with Gasteiger partial charge < -0.3 is 10.6 Å². The van der Waals surface area contributed by atoms with E-state index in [0.717, 1.165) is 11.0 Å². The molecule has 2 N–H and O–H groups in total. The molecule has 11 heteroatoms. The number of carbonyl (C=O) groups excluding carboxylic acids is 3. The number of amides is 4. The molecule has 0 fully saturated rings. The van der Waals surface area contributed by atoms with Gasteiger partial charge in [-0.05, 0) is 24.6 Å². The van der Waals surface area contributed by atoms with Crippen LogP contribution in [-0.2, 0) is 0 Å². The smallest absolute Gasteiger partial charge is 0.319 e. The summed E-state index contributed by atoms with van der Waals surface area (Å²) in [4.78, 5) is 47.9. The number of urea groups is 1. The van der Waals surface area contributed by atoms with Gasteiger partial charge in [0, 0.05) is 25.2 Å². The Kier molecular flexibility index (Phi) is 6.00. The van der Waals surface area contributed by atoms with Crippen molar-refractivity contribution >= 4 is 52.4 Å². The van der Waals surface area contributed by atoms with Crippen LogP contribution in [0.1, 0.15) is 27.1 Å². The minimum atomic E-state index is -0.630. The molecule has 0 bridgehead atoms. The molecular weight excluding hydrogens is 423 g/mol. The number of para-hydroxylation sites is 1. The SMILES string of the molecule is O=C(NCCCN1C(=O)c2ccc([N+](=O)[O-])cc2C1=O)Nc1c(Cl)cccc1Cl. The number of nitrogens with zero attached hydrogens (tertiary/aromatic N) is 2. The van der Waals surface area contributed by atoms with Crippen LogP contribution in [0.15, 0.2) is 36.4 Å². The Morgan fingerprint density at radius 2 is 1.72 bits per heavy atom. The summed E-state index contributed by atoms with van der Waals surface area (Å²) in [6.45, 7) is 0.217. The summed E-state index contributed by atoms with van der Waals surface area (Å²) in [7, 11) is 0. The number of nitro benzene ring substituents is 1. The average Bonchev–Trinajstić information content (AvgIpc) is 2.92. The van der Waals surface area contributed by atoms with E-state index in [0.29, 0.717) is 0 Å². The molecule has 0 atom stereocenters. The van der Waals surface area contributed by atoms with Crippen molar-refractivity contribution in [2.75, 3.05) is 18.4 Å². The minimum Gasteiger partial charge on any atom is -0.338 e. The molecule has 0 aliphatic carbocycles. The second-order valence-electron chi connectivity index (χ2n) is 6.08. The van der Waals surface area contributed by atoms with Crippen molar-refractivity contribution in [2.45, 2.75) is 6.42 Å². The largest absolute Gasteiger partial charge is 0.338 e. The number of nitro groups is 1. The number of non-ortho nitro benzene ring substituents is 1. The van der Waals surface area contributed by atoms with E-state index in [-0.39, 0.29) is 52.1 Å². The quantitative estimate of drug-likeness (QED) is 0.309. The first-order valence-electron chi connectivity index (χ1n) is 8.43. The lowest BCUT2D eigenvalue weighted by molar-refractivity contribution is -0.384. The van der Waals surface area contributed by atoms with Crippen LogP contribution in [0.2, 0.25) is 10.0 Å². The lowest BCUT2D eigenvalue weighted by Crippen LogP contribution is -2.35. The summed E-state index contributed by atoms with van der Waals surface area (Å²) in [5.41, 5.74) is 0.140. The lowest BCUT2D eigenvalue weighted by atomic mass is 10.1. The normalized spacial score (nSPS) is 12.7. The Labute approximate surface area is 174 Å². The van der Waals surface area contributed by atoms with Crippen molar-refractivity contribution in [1.29, 1.82) is 0 Å². The van der Waals surface area contributed by atoms with Crippen molar-refractivity contribution in [2.24, 2.45) is 0 Å². The summed E-state index contributed by atoms with van der Waals surface area (Å²) >= 11 is 12.0. The highest BCUT2D eigenvalue weighted by atomic mass is 35.5. The first-order chi connectivity index (χ1) is 13.8. The van der Waals surface area contributed by atoms with E-state index in [1.165, 1.54) is 12.1 Å². The highest BCUT2D eigenvalue weighted by Crippen LogP contribution is 2.29. The molecule has 29 heavy (non-hydrogen) atoms. The van der Waals surface area contributed by atoms with Gasteiger partial charge in [-0.15, -0.1) is 0 Å².